The third kappa shape index (κ3) is 4.50. The van der Waals surface area contributed by atoms with Crippen molar-refractivity contribution in [3.05, 3.63) is 11.6 Å². The molecule has 0 spiro atoms. The third-order valence-electron chi connectivity index (χ3n) is 3.52. The van der Waals surface area contributed by atoms with Crippen LogP contribution in [0.25, 0.3) is 0 Å². The average Bonchev–Trinajstić information content (AvgIpc) is 2.84. The first-order valence-corrected chi connectivity index (χ1v) is 8.90. The number of piperidine rings is 1. The van der Waals surface area contributed by atoms with Gasteiger partial charge in [-0.3, -0.25) is 9.89 Å². The number of carbonyl (C=O) groups excluding carboxylic acids is 1. The van der Waals surface area contributed by atoms with E-state index in [1.807, 2.05) is 0 Å². The highest BCUT2D eigenvalue weighted by atomic mass is 32.2. The van der Waals surface area contributed by atoms with Gasteiger partial charge in [-0.05, 0) is 32.6 Å². The lowest BCUT2D eigenvalue weighted by Crippen LogP contribution is -2.45. The molecule has 0 aromatic carbocycles. The van der Waals surface area contributed by atoms with E-state index in [0.717, 1.165) is 25.5 Å². The number of aromatic nitrogens is 3. The highest BCUT2D eigenvalue weighted by Gasteiger charge is 2.29. The second kappa shape index (κ2) is 6.52. The molecule has 1 aromatic heterocycles. The predicted octanol–water partition coefficient (Wildman–Crippen LogP) is 0.0471. The van der Waals surface area contributed by atoms with Crippen LogP contribution in [0.5, 0.6) is 0 Å². The Kier molecular flexibility index (Phi) is 4.94. The van der Waals surface area contributed by atoms with Crippen molar-refractivity contribution in [3.8, 4) is 0 Å². The van der Waals surface area contributed by atoms with E-state index < -0.39 is 10.0 Å². The fraction of sp³-hybridized carbons (Fsp3) is 0.750. The summed E-state index contributed by atoms with van der Waals surface area (Å²) in [5.74, 6) is 0.588. The van der Waals surface area contributed by atoms with E-state index in [-0.39, 0.29) is 17.8 Å². The molecule has 2 N–H and O–H groups in total. The maximum atomic E-state index is 12.4. The summed E-state index contributed by atoms with van der Waals surface area (Å²) >= 11 is 0. The molecule has 118 valence electrons. The standard InChI is InChI=1S/C12H21N5O3S/c1-9-14-11(16-15-9)12(18)17-8-4-3-5-10(17)6-7-13-21(2,19)20/h10,13H,3-8H2,1-2H3,(H,14,15,16). The molecule has 2 heterocycles. The molecule has 0 radical (unpaired) electrons. The summed E-state index contributed by atoms with van der Waals surface area (Å²) in [6.45, 7) is 2.74. The third-order valence-corrected chi connectivity index (χ3v) is 4.25. The van der Waals surface area contributed by atoms with E-state index in [1.165, 1.54) is 0 Å². The Hall–Kier alpha value is -1.48. The number of nitrogens with zero attached hydrogens (tertiary/aromatic N) is 3. The quantitative estimate of drug-likeness (QED) is 0.798. The van der Waals surface area contributed by atoms with Crippen molar-refractivity contribution in [2.45, 2.75) is 38.6 Å². The monoisotopic (exact) mass is 315 g/mol. The maximum absolute atomic E-state index is 12.4. The van der Waals surface area contributed by atoms with E-state index in [4.69, 9.17) is 0 Å². The number of H-pyrrole nitrogens is 1. The smallest absolute Gasteiger partial charge is 0.293 e. The van der Waals surface area contributed by atoms with Crippen molar-refractivity contribution in [2.24, 2.45) is 0 Å². The number of rotatable bonds is 5. The van der Waals surface area contributed by atoms with Crippen LogP contribution < -0.4 is 4.72 Å². The van der Waals surface area contributed by atoms with Gasteiger partial charge in [0, 0.05) is 19.1 Å². The van der Waals surface area contributed by atoms with Crippen LogP contribution in [0.4, 0.5) is 0 Å². The first kappa shape index (κ1) is 15.9. The van der Waals surface area contributed by atoms with Crippen LogP contribution in [0.3, 0.4) is 0 Å². The number of nitrogens with one attached hydrogen (secondary N) is 2. The molecular weight excluding hydrogens is 294 g/mol. The van der Waals surface area contributed by atoms with Gasteiger partial charge in [-0.1, -0.05) is 0 Å². The number of likely N-dealkylation sites (tertiary alicyclic amines) is 1. The van der Waals surface area contributed by atoms with Gasteiger partial charge in [0.2, 0.25) is 15.8 Å². The normalized spacial score (nSPS) is 19.7. The largest absolute Gasteiger partial charge is 0.333 e. The molecule has 0 aliphatic carbocycles. The average molecular weight is 315 g/mol. The maximum Gasteiger partial charge on any atom is 0.293 e. The fourth-order valence-electron chi connectivity index (χ4n) is 2.55. The summed E-state index contributed by atoms with van der Waals surface area (Å²) in [6.07, 6.45) is 4.60. The lowest BCUT2D eigenvalue weighted by Gasteiger charge is -2.35. The molecule has 1 aliphatic heterocycles. The summed E-state index contributed by atoms with van der Waals surface area (Å²) in [6, 6.07) is 0.0271. The molecule has 21 heavy (non-hydrogen) atoms. The second-order valence-corrected chi connectivity index (χ2v) is 7.18. The molecule has 2 rings (SSSR count). The first-order valence-electron chi connectivity index (χ1n) is 7.01. The number of aryl methyl sites for hydroxylation is 1. The summed E-state index contributed by atoms with van der Waals surface area (Å²) in [5, 5.41) is 6.57. The number of aromatic amines is 1. The Morgan fingerprint density at radius 3 is 2.86 bits per heavy atom. The minimum Gasteiger partial charge on any atom is -0.333 e. The van der Waals surface area contributed by atoms with Gasteiger partial charge in [0.1, 0.15) is 5.82 Å². The molecule has 0 bridgehead atoms. The zero-order valence-corrected chi connectivity index (χ0v) is 13.1. The van der Waals surface area contributed by atoms with Gasteiger partial charge in [0.25, 0.3) is 5.91 Å². The fourth-order valence-corrected chi connectivity index (χ4v) is 3.03. The van der Waals surface area contributed by atoms with Gasteiger partial charge in [-0.2, -0.15) is 0 Å². The summed E-state index contributed by atoms with van der Waals surface area (Å²) in [5.41, 5.74) is 0. The highest BCUT2D eigenvalue weighted by Crippen LogP contribution is 2.21. The van der Waals surface area contributed by atoms with Crippen molar-refractivity contribution in [1.29, 1.82) is 0 Å². The Morgan fingerprint density at radius 2 is 2.24 bits per heavy atom. The lowest BCUT2D eigenvalue weighted by atomic mass is 9.99. The topological polar surface area (TPSA) is 108 Å². The predicted molar refractivity (Wildman–Crippen MR) is 77.3 cm³/mol. The van der Waals surface area contributed by atoms with E-state index in [2.05, 4.69) is 19.9 Å². The zero-order chi connectivity index (χ0) is 15.5. The molecule has 1 fully saturated rings. The molecule has 1 saturated heterocycles. The van der Waals surface area contributed by atoms with Crippen molar-refractivity contribution >= 4 is 15.9 Å². The van der Waals surface area contributed by atoms with Gasteiger partial charge >= 0.3 is 0 Å². The Labute approximate surface area is 124 Å². The van der Waals surface area contributed by atoms with Crippen LogP contribution >= 0.6 is 0 Å². The second-order valence-electron chi connectivity index (χ2n) is 5.35. The Balaban J connectivity index is 1.99. The molecule has 1 atom stereocenters. The van der Waals surface area contributed by atoms with E-state index >= 15 is 0 Å². The number of amides is 1. The van der Waals surface area contributed by atoms with E-state index in [0.29, 0.717) is 25.3 Å². The van der Waals surface area contributed by atoms with Crippen LogP contribution in [0.1, 0.15) is 42.1 Å². The lowest BCUT2D eigenvalue weighted by molar-refractivity contribution is 0.0591. The van der Waals surface area contributed by atoms with Gasteiger partial charge in [-0.25, -0.2) is 18.1 Å². The van der Waals surface area contributed by atoms with Crippen LogP contribution in [-0.2, 0) is 10.0 Å². The molecule has 8 nitrogen and oxygen atoms in total. The number of sulfonamides is 1. The molecule has 9 heteroatoms. The summed E-state index contributed by atoms with van der Waals surface area (Å²) in [7, 11) is -3.19. The van der Waals surface area contributed by atoms with Gasteiger partial charge in [0.15, 0.2) is 0 Å². The van der Waals surface area contributed by atoms with Gasteiger partial charge in [-0.15, -0.1) is 5.10 Å². The number of hydrogen-bond acceptors (Lipinski definition) is 5. The van der Waals surface area contributed by atoms with Gasteiger partial charge < -0.3 is 4.90 Å². The van der Waals surface area contributed by atoms with E-state index in [1.54, 1.807) is 11.8 Å². The minimum atomic E-state index is -3.19. The number of carbonyl (C=O) groups is 1. The van der Waals surface area contributed by atoms with E-state index in [9.17, 15) is 13.2 Å². The molecule has 1 amide bonds. The molecule has 1 unspecified atom stereocenters. The van der Waals surface area contributed by atoms with Crippen molar-refractivity contribution in [3.63, 3.8) is 0 Å². The number of hydrogen-bond donors (Lipinski definition) is 2. The van der Waals surface area contributed by atoms with Crippen molar-refractivity contribution in [1.82, 2.24) is 24.8 Å². The zero-order valence-electron chi connectivity index (χ0n) is 12.3. The molecule has 1 aliphatic rings. The molecule has 0 saturated carbocycles. The highest BCUT2D eigenvalue weighted by molar-refractivity contribution is 7.88. The molecular formula is C12H21N5O3S. The van der Waals surface area contributed by atoms with Crippen LogP contribution in [0.2, 0.25) is 0 Å². The Morgan fingerprint density at radius 1 is 1.48 bits per heavy atom. The van der Waals surface area contributed by atoms with Gasteiger partial charge in [0.05, 0.1) is 6.26 Å². The van der Waals surface area contributed by atoms with Crippen LogP contribution in [0.15, 0.2) is 0 Å². The summed E-state index contributed by atoms with van der Waals surface area (Å²) in [4.78, 5) is 18.3. The van der Waals surface area contributed by atoms with Crippen molar-refractivity contribution < 1.29 is 13.2 Å². The minimum absolute atomic E-state index is 0.0271. The summed E-state index contributed by atoms with van der Waals surface area (Å²) < 4.78 is 24.7. The van der Waals surface area contributed by atoms with Crippen LogP contribution in [0, 0.1) is 6.92 Å². The molecule has 1 aromatic rings. The van der Waals surface area contributed by atoms with Crippen LogP contribution in [-0.4, -0.2) is 59.8 Å². The van der Waals surface area contributed by atoms with Crippen molar-refractivity contribution in [2.75, 3.05) is 19.3 Å². The SMILES string of the molecule is Cc1nc(C(=O)N2CCCCC2CCNS(C)(=O)=O)n[nH]1. The first-order chi connectivity index (χ1) is 9.87. The Bertz CT molecular complexity index is 598.